The molecule has 1 N–H and O–H groups in total. The summed E-state index contributed by atoms with van der Waals surface area (Å²) in [6.45, 7) is 10.4. The third kappa shape index (κ3) is 4.93. The molecule has 2 aliphatic heterocycles. The number of thiophene rings is 1. The summed E-state index contributed by atoms with van der Waals surface area (Å²) < 4.78 is 0. The minimum Gasteiger partial charge on any atom is -0.337 e. The number of carbonyl (C=O) groups is 1. The lowest BCUT2D eigenvalue weighted by Crippen LogP contribution is -2.52. The van der Waals surface area contributed by atoms with E-state index in [2.05, 4.69) is 57.8 Å². The molecule has 2 aromatic rings. The summed E-state index contributed by atoms with van der Waals surface area (Å²) in [5.41, 5.74) is 4.12. The van der Waals surface area contributed by atoms with E-state index in [9.17, 15) is 4.79 Å². The van der Waals surface area contributed by atoms with Crippen LogP contribution in [0.4, 0.5) is 4.79 Å². The Hall–Kier alpha value is -1.89. The van der Waals surface area contributed by atoms with Crippen LogP contribution >= 0.6 is 11.3 Å². The van der Waals surface area contributed by atoms with Gasteiger partial charge in [0.15, 0.2) is 0 Å². The maximum atomic E-state index is 12.5. The molecule has 0 atom stereocenters. The van der Waals surface area contributed by atoms with Gasteiger partial charge in [-0.3, -0.25) is 9.80 Å². The zero-order chi connectivity index (χ0) is 19.3. The fourth-order valence-electron chi connectivity index (χ4n) is 4.11. The number of benzene rings is 1. The highest BCUT2D eigenvalue weighted by Gasteiger charge is 2.21. The maximum absolute atomic E-state index is 12.5. The standard InChI is InChI=1S/C22H30N4OS/c1-18-3-2-4-19(15-18)16-25-10-12-26(13-11-25)22(27)23-7-9-24-8-5-21-20(17-24)6-14-28-21/h2-4,6,14-15H,5,7-13,16-17H2,1H3,(H,23,27). The average Bonchev–Trinajstić information content (AvgIpc) is 3.16. The highest BCUT2D eigenvalue weighted by molar-refractivity contribution is 7.10. The molecule has 2 aliphatic rings. The third-order valence-electron chi connectivity index (χ3n) is 5.74. The monoisotopic (exact) mass is 398 g/mol. The third-order valence-corrected chi connectivity index (χ3v) is 6.76. The van der Waals surface area contributed by atoms with Gasteiger partial charge in [0.05, 0.1) is 0 Å². The SMILES string of the molecule is Cc1cccc(CN2CCN(C(=O)NCCN3CCc4sccc4C3)CC2)c1. The number of aryl methyl sites for hydroxylation is 1. The molecule has 0 bridgehead atoms. The molecule has 1 saturated heterocycles. The second-order valence-corrected chi connectivity index (χ2v) is 8.88. The van der Waals surface area contributed by atoms with Gasteiger partial charge in [0.2, 0.25) is 0 Å². The Morgan fingerprint density at radius 2 is 1.96 bits per heavy atom. The van der Waals surface area contributed by atoms with Crippen molar-refractivity contribution in [3.63, 3.8) is 0 Å². The van der Waals surface area contributed by atoms with Gasteiger partial charge in [0, 0.05) is 63.8 Å². The predicted molar refractivity (Wildman–Crippen MR) is 115 cm³/mol. The van der Waals surface area contributed by atoms with Crippen LogP contribution in [-0.4, -0.2) is 66.5 Å². The number of urea groups is 1. The Morgan fingerprint density at radius 1 is 1.11 bits per heavy atom. The molecule has 1 aromatic heterocycles. The molecular formula is C22H30N4OS. The number of fused-ring (bicyclic) bond motifs is 1. The Balaban J connectivity index is 1.15. The molecule has 28 heavy (non-hydrogen) atoms. The Bertz CT molecular complexity index is 797. The first-order chi connectivity index (χ1) is 13.7. The van der Waals surface area contributed by atoms with Gasteiger partial charge in [0.1, 0.15) is 0 Å². The van der Waals surface area contributed by atoms with Crippen LogP contribution in [0.3, 0.4) is 0 Å². The van der Waals surface area contributed by atoms with E-state index in [1.807, 2.05) is 16.2 Å². The molecular weight excluding hydrogens is 368 g/mol. The Morgan fingerprint density at radius 3 is 2.79 bits per heavy atom. The lowest BCUT2D eigenvalue weighted by Gasteiger charge is -2.35. The highest BCUT2D eigenvalue weighted by Crippen LogP contribution is 2.23. The van der Waals surface area contributed by atoms with Crippen LogP contribution in [-0.2, 0) is 19.5 Å². The van der Waals surface area contributed by atoms with Gasteiger partial charge in [-0.2, -0.15) is 0 Å². The summed E-state index contributed by atoms with van der Waals surface area (Å²) >= 11 is 1.87. The summed E-state index contributed by atoms with van der Waals surface area (Å²) in [7, 11) is 0. The number of nitrogens with one attached hydrogen (secondary N) is 1. The molecule has 1 aromatic carbocycles. The lowest BCUT2D eigenvalue weighted by atomic mass is 10.1. The van der Waals surface area contributed by atoms with E-state index in [-0.39, 0.29) is 6.03 Å². The normalized spacial score (nSPS) is 18.1. The molecule has 4 rings (SSSR count). The fraction of sp³-hybridized carbons (Fsp3) is 0.500. The molecule has 0 spiro atoms. The van der Waals surface area contributed by atoms with Gasteiger partial charge >= 0.3 is 6.03 Å². The van der Waals surface area contributed by atoms with Crippen molar-refractivity contribution in [2.75, 3.05) is 45.8 Å². The quantitative estimate of drug-likeness (QED) is 0.842. The molecule has 2 amide bonds. The number of hydrogen-bond acceptors (Lipinski definition) is 4. The number of rotatable bonds is 5. The number of carbonyl (C=O) groups excluding carboxylic acids is 1. The molecule has 3 heterocycles. The first-order valence-electron chi connectivity index (χ1n) is 10.3. The molecule has 6 heteroatoms. The minimum absolute atomic E-state index is 0.0865. The summed E-state index contributed by atoms with van der Waals surface area (Å²) in [6.07, 6.45) is 1.14. The van der Waals surface area contributed by atoms with E-state index in [1.54, 1.807) is 0 Å². The first kappa shape index (κ1) is 19.4. The van der Waals surface area contributed by atoms with Crippen LogP contribution in [0.15, 0.2) is 35.7 Å². The van der Waals surface area contributed by atoms with Crippen LogP contribution in [0, 0.1) is 6.92 Å². The van der Waals surface area contributed by atoms with Crippen molar-refractivity contribution in [2.45, 2.75) is 26.4 Å². The van der Waals surface area contributed by atoms with Crippen LogP contribution in [0.25, 0.3) is 0 Å². The van der Waals surface area contributed by atoms with Crippen molar-refractivity contribution in [1.29, 1.82) is 0 Å². The molecule has 5 nitrogen and oxygen atoms in total. The number of hydrogen-bond donors (Lipinski definition) is 1. The van der Waals surface area contributed by atoms with Crippen molar-refractivity contribution in [2.24, 2.45) is 0 Å². The molecule has 0 aliphatic carbocycles. The van der Waals surface area contributed by atoms with Crippen molar-refractivity contribution in [1.82, 2.24) is 20.0 Å². The van der Waals surface area contributed by atoms with Crippen molar-refractivity contribution in [3.05, 3.63) is 57.3 Å². The highest BCUT2D eigenvalue weighted by atomic mass is 32.1. The summed E-state index contributed by atoms with van der Waals surface area (Å²) in [5, 5.41) is 5.31. The van der Waals surface area contributed by atoms with Gasteiger partial charge in [0.25, 0.3) is 0 Å². The second-order valence-electron chi connectivity index (χ2n) is 7.88. The lowest BCUT2D eigenvalue weighted by molar-refractivity contribution is 0.134. The van der Waals surface area contributed by atoms with Crippen LogP contribution < -0.4 is 5.32 Å². The Labute approximate surface area is 171 Å². The average molecular weight is 399 g/mol. The molecule has 0 saturated carbocycles. The summed E-state index contributed by atoms with van der Waals surface area (Å²) in [4.78, 5) is 20.9. The van der Waals surface area contributed by atoms with E-state index in [0.29, 0.717) is 0 Å². The number of amides is 2. The fourth-order valence-corrected chi connectivity index (χ4v) is 5.00. The van der Waals surface area contributed by atoms with Crippen molar-refractivity contribution >= 4 is 17.4 Å². The van der Waals surface area contributed by atoms with Crippen molar-refractivity contribution in [3.8, 4) is 0 Å². The number of piperazine rings is 1. The smallest absolute Gasteiger partial charge is 0.317 e. The van der Waals surface area contributed by atoms with E-state index in [0.717, 1.165) is 65.3 Å². The molecule has 0 radical (unpaired) electrons. The van der Waals surface area contributed by atoms with Gasteiger partial charge in [-0.05, 0) is 35.9 Å². The Kier molecular flexibility index (Phi) is 6.29. The van der Waals surface area contributed by atoms with Gasteiger partial charge < -0.3 is 10.2 Å². The van der Waals surface area contributed by atoms with E-state index in [1.165, 1.54) is 21.6 Å². The van der Waals surface area contributed by atoms with Crippen LogP contribution in [0.5, 0.6) is 0 Å². The first-order valence-corrected chi connectivity index (χ1v) is 11.1. The summed E-state index contributed by atoms with van der Waals surface area (Å²) in [5.74, 6) is 0. The largest absolute Gasteiger partial charge is 0.337 e. The van der Waals surface area contributed by atoms with Crippen LogP contribution in [0.1, 0.15) is 21.6 Å². The molecule has 1 fully saturated rings. The van der Waals surface area contributed by atoms with Crippen molar-refractivity contribution < 1.29 is 4.79 Å². The van der Waals surface area contributed by atoms with Gasteiger partial charge in [-0.1, -0.05) is 29.8 Å². The summed E-state index contributed by atoms with van der Waals surface area (Å²) in [6, 6.07) is 11.0. The molecule has 150 valence electrons. The molecule has 0 unspecified atom stereocenters. The van der Waals surface area contributed by atoms with E-state index in [4.69, 9.17) is 0 Å². The second kappa shape index (κ2) is 9.07. The maximum Gasteiger partial charge on any atom is 0.317 e. The predicted octanol–water partition coefficient (Wildman–Crippen LogP) is 2.94. The topological polar surface area (TPSA) is 38.8 Å². The van der Waals surface area contributed by atoms with Crippen LogP contribution in [0.2, 0.25) is 0 Å². The minimum atomic E-state index is 0.0865. The van der Waals surface area contributed by atoms with E-state index >= 15 is 0 Å². The number of nitrogens with zero attached hydrogens (tertiary/aromatic N) is 3. The zero-order valence-corrected chi connectivity index (χ0v) is 17.5. The zero-order valence-electron chi connectivity index (χ0n) is 16.7. The van der Waals surface area contributed by atoms with Gasteiger partial charge in [-0.15, -0.1) is 11.3 Å². The van der Waals surface area contributed by atoms with Gasteiger partial charge in [-0.25, -0.2) is 4.79 Å². The van der Waals surface area contributed by atoms with E-state index < -0.39 is 0 Å².